The lowest BCUT2D eigenvalue weighted by atomic mass is 9.68. The number of aliphatic hydroxyl groups is 1. The molecule has 2 fully saturated rings. The third-order valence-corrected chi connectivity index (χ3v) is 3.70. The topological polar surface area (TPSA) is 57.5 Å². The van der Waals surface area contributed by atoms with Crippen molar-refractivity contribution in [3.63, 3.8) is 0 Å². The fourth-order valence-electron chi connectivity index (χ4n) is 2.53. The summed E-state index contributed by atoms with van der Waals surface area (Å²) in [6.07, 6.45) is 2.96. The van der Waals surface area contributed by atoms with Gasteiger partial charge in [0.15, 0.2) is 0 Å². The average Bonchev–Trinajstić information content (AvgIpc) is 2.58. The van der Waals surface area contributed by atoms with E-state index in [9.17, 15) is 9.90 Å². The van der Waals surface area contributed by atoms with Gasteiger partial charge in [0.05, 0.1) is 11.0 Å². The second-order valence-corrected chi connectivity index (χ2v) is 4.27. The SMILES string of the molecule is CC1CC1(C(=O)O)C1(O)CCC1. The molecule has 2 aliphatic rings. The second-order valence-electron chi connectivity index (χ2n) is 4.27. The van der Waals surface area contributed by atoms with E-state index in [1.807, 2.05) is 6.92 Å². The van der Waals surface area contributed by atoms with Gasteiger partial charge in [-0.3, -0.25) is 4.79 Å². The van der Waals surface area contributed by atoms with E-state index in [1.54, 1.807) is 0 Å². The largest absolute Gasteiger partial charge is 0.481 e. The van der Waals surface area contributed by atoms with Gasteiger partial charge in [-0.15, -0.1) is 0 Å². The first-order chi connectivity index (χ1) is 5.53. The van der Waals surface area contributed by atoms with Crippen molar-refractivity contribution >= 4 is 5.97 Å². The van der Waals surface area contributed by atoms with Crippen molar-refractivity contribution in [2.45, 2.75) is 38.2 Å². The standard InChI is InChI=1S/C9H14O3/c1-6-5-9(6,7(10)11)8(12)3-2-4-8/h6,12H,2-5H2,1H3,(H,10,11). The molecule has 2 N–H and O–H groups in total. The van der Waals surface area contributed by atoms with E-state index in [2.05, 4.69) is 0 Å². The minimum Gasteiger partial charge on any atom is -0.481 e. The summed E-state index contributed by atoms with van der Waals surface area (Å²) in [5.74, 6) is -0.655. The van der Waals surface area contributed by atoms with Gasteiger partial charge in [-0.05, 0) is 31.6 Å². The molecule has 0 aromatic heterocycles. The first kappa shape index (κ1) is 8.05. The molecule has 0 spiro atoms. The molecule has 0 bridgehead atoms. The monoisotopic (exact) mass is 170 g/mol. The van der Waals surface area contributed by atoms with Crippen molar-refractivity contribution in [2.75, 3.05) is 0 Å². The molecule has 12 heavy (non-hydrogen) atoms. The van der Waals surface area contributed by atoms with Crippen LogP contribution in [-0.2, 0) is 4.79 Å². The predicted molar refractivity (Wildman–Crippen MR) is 42.7 cm³/mol. The highest BCUT2D eigenvalue weighted by atomic mass is 16.4. The van der Waals surface area contributed by atoms with Gasteiger partial charge in [-0.25, -0.2) is 0 Å². The Morgan fingerprint density at radius 3 is 2.08 bits per heavy atom. The number of carboxylic acid groups (broad SMARTS) is 1. The van der Waals surface area contributed by atoms with E-state index in [1.165, 1.54) is 0 Å². The highest BCUT2D eigenvalue weighted by Gasteiger charge is 2.71. The van der Waals surface area contributed by atoms with Crippen LogP contribution in [0.1, 0.15) is 32.6 Å². The van der Waals surface area contributed by atoms with Crippen LogP contribution in [0, 0.1) is 11.3 Å². The molecule has 2 saturated carbocycles. The summed E-state index contributed by atoms with van der Waals surface area (Å²) in [4.78, 5) is 11.0. The summed E-state index contributed by atoms with van der Waals surface area (Å²) in [7, 11) is 0. The van der Waals surface area contributed by atoms with Gasteiger partial charge in [0.25, 0.3) is 0 Å². The lowest BCUT2D eigenvalue weighted by Gasteiger charge is -2.42. The lowest BCUT2D eigenvalue weighted by molar-refractivity contribution is -0.167. The van der Waals surface area contributed by atoms with E-state index < -0.39 is 17.0 Å². The maximum atomic E-state index is 11.0. The van der Waals surface area contributed by atoms with Gasteiger partial charge in [0, 0.05) is 0 Å². The second kappa shape index (κ2) is 2.02. The molecule has 0 aromatic rings. The predicted octanol–water partition coefficient (Wildman–Crippen LogP) is 1.01. The Morgan fingerprint density at radius 1 is 1.50 bits per heavy atom. The molecule has 3 nitrogen and oxygen atoms in total. The Labute approximate surface area is 71.4 Å². The van der Waals surface area contributed by atoms with Gasteiger partial charge in [0.1, 0.15) is 0 Å². The quantitative estimate of drug-likeness (QED) is 0.650. The van der Waals surface area contributed by atoms with E-state index in [-0.39, 0.29) is 5.92 Å². The minimum absolute atomic E-state index is 0.153. The third kappa shape index (κ3) is 0.678. The van der Waals surface area contributed by atoms with Crippen LogP contribution < -0.4 is 0 Å². The minimum atomic E-state index is -0.877. The van der Waals surface area contributed by atoms with Gasteiger partial charge < -0.3 is 10.2 Å². The Hall–Kier alpha value is -0.570. The fraction of sp³-hybridized carbons (Fsp3) is 0.889. The molecule has 2 rings (SSSR count). The number of aliphatic carboxylic acids is 1. The number of rotatable bonds is 2. The zero-order valence-electron chi connectivity index (χ0n) is 7.21. The van der Waals surface area contributed by atoms with Crippen LogP contribution >= 0.6 is 0 Å². The molecular formula is C9H14O3. The molecule has 0 radical (unpaired) electrons. The van der Waals surface area contributed by atoms with Gasteiger partial charge in [-0.1, -0.05) is 6.92 Å². The molecule has 2 aliphatic carbocycles. The Bertz CT molecular complexity index is 232. The zero-order valence-corrected chi connectivity index (χ0v) is 7.21. The molecule has 0 amide bonds. The Kier molecular flexibility index (Phi) is 1.35. The van der Waals surface area contributed by atoms with Crippen LogP contribution in [0.3, 0.4) is 0 Å². The number of carbonyl (C=O) groups is 1. The summed E-state index contributed by atoms with van der Waals surface area (Å²) < 4.78 is 0. The summed E-state index contributed by atoms with van der Waals surface area (Å²) in [6, 6.07) is 0. The van der Waals surface area contributed by atoms with Crippen molar-refractivity contribution in [3.8, 4) is 0 Å². The maximum absolute atomic E-state index is 11.0. The Balaban J connectivity index is 2.24. The van der Waals surface area contributed by atoms with Crippen LogP contribution in [0.4, 0.5) is 0 Å². The normalized spacial score (nSPS) is 43.3. The van der Waals surface area contributed by atoms with Crippen molar-refractivity contribution < 1.29 is 15.0 Å². The van der Waals surface area contributed by atoms with Crippen LogP contribution in [0.5, 0.6) is 0 Å². The molecule has 0 aliphatic heterocycles. The van der Waals surface area contributed by atoms with Crippen LogP contribution in [-0.4, -0.2) is 21.8 Å². The highest BCUT2D eigenvalue weighted by molar-refractivity contribution is 5.80. The van der Waals surface area contributed by atoms with Crippen LogP contribution in [0.15, 0.2) is 0 Å². The molecule has 68 valence electrons. The highest BCUT2D eigenvalue weighted by Crippen LogP contribution is 2.65. The number of hydrogen-bond acceptors (Lipinski definition) is 2. The van der Waals surface area contributed by atoms with Gasteiger partial charge in [-0.2, -0.15) is 0 Å². The summed E-state index contributed by atoms with van der Waals surface area (Å²) >= 11 is 0. The van der Waals surface area contributed by atoms with E-state index >= 15 is 0 Å². The summed E-state index contributed by atoms with van der Waals surface area (Å²) in [6.45, 7) is 1.91. The fourth-order valence-corrected chi connectivity index (χ4v) is 2.53. The van der Waals surface area contributed by atoms with Crippen LogP contribution in [0.25, 0.3) is 0 Å². The van der Waals surface area contributed by atoms with Crippen molar-refractivity contribution in [3.05, 3.63) is 0 Å². The van der Waals surface area contributed by atoms with Crippen molar-refractivity contribution in [1.29, 1.82) is 0 Å². The molecule has 0 heterocycles. The van der Waals surface area contributed by atoms with Crippen molar-refractivity contribution in [1.82, 2.24) is 0 Å². The molecule has 0 saturated heterocycles. The number of carboxylic acids is 1. The first-order valence-corrected chi connectivity index (χ1v) is 4.49. The first-order valence-electron chi connectivity index (χ1n) is 4.49. The molecule has 2 unspecified atom stereocenters. The average molecular weight is 170 g/mol. The third-order valence-electron chi connectivity index (χ3n) is 3.70. The van der Waals surface area contributed by atoms with E-state index in [4.69, 9.17) is 5.11 Å². The Morgan fingerprint density at radius 2 is 2.00 bits per heavy atom. The molecule has 0 aromatic carbocycles. The van der Waals surface area contributed by atoms with E-state index in [0.717, 1.165) is 6.42 Å². The maximum Gasteiger partial charge on any atom is 0.312 e. The van der Waals surface area contributed by atoms with Gasteiger partial charge in [0.2, 0.25) is 0 Å². The lowest BCUT2D eigenvalue weighted by Crippen LogP contribution is -2.50. The molecule has 3 heteroatoms. The molecular weight excluding hydrogens is 156 g/mol. The smallest absolute Gasteiger partial charge is 0.312 e. The van der Waals surface area contributed by atoms with Crippen molar-refractivity contribution in [2.24, 2.45) is 11.3 Å². The van der Waals surface area contributed by atoms with Crippen LogP contribution in [0.2, 0.25) is 0 Å². The summed E-state index contributed by atoms with van der Waals surface area (Å²) in [5.41, 5.74) is -1.66. The number of hydrogen-bond donors (Lipinski definition) is 2. The van der Waals surface area contributed by atoms with Gasteiger partial charge >= 0.3 is 5.97 Å². The van der Waals surface area contributed by atoms with E-state index in [0.29, 0.717) is 19.3 Å². The molecule has 2 atom stereocenters. The summed E-state index contributed by atoms with van der Waals surface area (Å²) in [5, 5.41) is 19.0. The zero-order chi connectivity index (χ0) is 8.98.